The predicted molar refractivity (Wildman–Crippen MR) is 64.8 cm³/mol. The van der Waals surface area contributed by atoms with Gasteiger partial charge in [-0.1, -0.05) is 29.8 Å². The average Bonchev–Trinajstić information content (AvgIpc) is 2.75. The molecule has 1 saturated carbocycles. The number of rotatable bonds is 5. The Morgan fingerprint density at radius 3 is 2.88 bits per heavy atom. The van der Waals surface area contributed by atoms with E-state index in [1.807, 2.05) is 0 Å². The minimum absolute atomic E-state index is 0.369. The van der Waals surface area contributed by atoms with Gasteiger partial charge in [0.15, 0.2) is 0 Å². The van der Waals surface area contributed by atoms with Crippen LogP contribution in [-0.4, -0.2) is 22.8 Å². The summed E-state index contributed by atoms with van der Waals surface area (Å²) in [7, 11) is 0. The lowest BCUT2D eigenvalue weighted by atomic mass is 9.98. The third kappa shape index (κ3) is 3.42. The van der Waals surface area contributed by atoms with E-state index >= 15 is 0 Å². The molecule has 16 heavy (non-hydrogen) atoms. The van der Waals surface area contributed by atoms with Gasteiger partial charge in [0.1, 0.15) is 11.1 Å². The molecule has 90 valence electrons. The van der Waals surface area contributed by atoms with Crippen LogP contribution >= 0.6 is 11.3 Å². The minimum Gasteiger partial charge on any atom is -0.466 e. The van der Waals surface area contributed by atoms with Gasteiger partial charge in [0, 0.05) is 6.54 Å². The van der Waals surface area contributed by atoms with Gasteiger partial charge in [0.25, 0.3) is 5.19 Å². The summed E-state index contributed by atoms with van der Waals surface area (Å²) in [6.45, 7) is 3.83. The van der Waals surface area contributed by atoms with Gasteiger partial charge in [0.2, 0.25) is 0 Å². The van der Waals surface area contributed by atoms with Crippen LogP contribution in [0.5, 0.6) is 5.19 Å². The van der Waals surface area contributed by atoms with Crippen LogP contribution in [0.25, 0.3) is 0 Å². The van der Waals surface area contributed by atoms with Crippen molar-refractivity contribution >= 4 is 11.3 Å². The average molecular weight is 241 g/mol. The van der Waals surface area contributed by atoms with E-state index in [0.29, 0.717) is 6.10 Å². The summed E-state index contributed by atoms with van der Waals surface area (Å²) in [6.07, 6.45) is 6.63. The fraction of sp³-hybridized carbons (Fsp3) is 0.818. The monoisotopic (exact) mass is 241 g/mol. The van der Waals surface area contributed by atoms with Crippen molar-refractivity contribution < 1.29 is 4.74 Å². The van der Waals surface area contributed by atoms with E-state index in [9.17, 15) is 0 Å². The molecule has 1 aromatic heterocycles. The molecule has 5 heteroatoms. The van der Waals surface area contributed by atoms with E-state index in [4.69, 9.17) is 4.74 Å². The molecule has 1 aromatic rings. The third-order valence-corrected chi connectivity index (χ3v) is 3.61. The van der Waals surface area contributed by atoms with Gasteiger partial charge in [-0.15, -0.1) is 5.10 Å². The van der Waals surface area contributed by atoms with Crippen molar-refractivity contribution in [3.8, 4) is 5.19 Å². The highest BCUT2D eigenvalue weighted by atomic mass is 32.1. The number of aromatic nitrogens is 2. The lowest BCUT2D eigenvalue weighted by Gasteiger charge is -2.20. The molecule has 4 nitrogen and oxygen atoms in total. The van der Waals surface area contributed by atoms with Gasteiger partial charge in [0.05, 0.1) is 0 Å². The lowest BCUT2D eigenvalue weighted by Crippen LogP contribution is -2.19. The van der Waals surface area contributed by atoms with Crippen molar-refractivity contribution in [2.75, 3.05) is 6.54 Å². The zero-order chi connectivity index (χ0) is 11.2. The maximum Gasteiger partial charge on any atom is 0.294 e. The summed E-state index contributed by atoms with van der Waals surface area (Å²) in [5.41, 5.74) is 0. The van der Waals surface area contributed by atoms with Gasteiger partial charge < -0.3 is 10.1 Å². The zero-order valence-corrected chi connectivity index (χ0v) is 10.6. The third-order valence-electron chi connectivity index (χ3n) is 2.79. The second-order valence-corrected chi connectivity index (χ2v) is 5.14. The molecule has 2 rings (SSSR count). The van der Waals surface area contributed by atoms with Gasteiger partial charge in [-0.3, -0.25) is 0 Å². The lowest BCUT2D eigenvalue weighted by molar-refractivity contribution is 0.153. The first kappa shape index (κ1) is 11.8. The van der Waals surface area contributed by atoms with Gasteiger partial charge >= 0.3 is 0 Å². The summed E-state index contributed by atoms with van der Waals surface area (Å²) in [5, 5.41) is 13.1. The molecule has 1 N–H and O–H groups in total. The second kappa shape index (κ2) is 6.15. The number of nitrogens with one attached hydrogen (secondary N) is 1. The topological polar surface area (TPSA) is 47.0 Å². The number of hydrogen-bond donors (Lipinski definition) is 1. The summed E-state index contributed by atoms with van der Waals surface area (Å²) in [6, 6.07) is 0. The summed E-state index contributed by atoms with van der Waals surface area (Å²) >= 11 is 1.56. The summed E-state index contributed by atoms with van der Waals surface area (Å²) in [4.78, 5) is 0. The van der Waals surface area contributed by atoms with Gasteiger partial charge in [-0.25, -0.2) is 0 Å². The van der Waals surface area contributed by atoms with E-state index in [0.717, 1.165) is 23.3 Å². The van der Waals surface area contributed by atoms with Gasteiger partial charge in [-0.05, 0) is 32.2 Å². The molecule has 1 heterocycles. The Morgan fingerprint density at radius 2 is 2.12 bits per heavy atom. The van der Waals surface area contributed by atoms with Crippen molar-refractivity contribution in [2.45, 2.75) is 51.7 Å². The number of ether oxygens (including phenoxy) is 1. The van der Waals surface area contributed by atoms with Crippen LogP contribution in [0.15, 0.2) is 0 Å². The molecule has 0 amide bonds. The van der Waals surface area contributed by atoms with Crippen molar-refractivity contribution in [3.05, 3.63) is 5.01 Å². The standard InChI is InChI=1S/C11H19N3OS/c1-2-12-8-10-13-14-11(16-10)15-9-6-4-3-5-7-9/h9,12H,2-8H2,1H3. The van der Waals surface area contributed by atoms with Crippen molar-refractivity contribution in [2.24, 2.45) is 0 Å². The van der Waals surface area contributed by atoms with Crippen LogP contribution in [0.1, 0.15) is 44.0 Å². The Balaban J connectivity index is 1.81. The Hall–Kier alpha value is -0.680. The maximum atomic E-state index is 5.83. The van der Waals surface area contributed by atoms with E-state index in [1.54, 1.807) is 11.3 Å². The van der Waals surface area contributed by atoms with Crippen LogP contribution in [0.4, 0.5) is 0 Å². The van der Waals surface area contributed by atoms with E-state index in [2.05, 4.69) is 22.4 Å². The Kier molecular flexibility index (Phi) is 4.54. The first-order chi connectivity index (χ1) is 7.88. The van der Waals surface area contributed by atoms with Crippen molar-refractivity contribution in [3.63, 3.8) is 0 Å². The molecule has 0 unspecified atom stereocenters. The minimum atomic E-state index is 0.369. The van der Waals surface area contributed by atoms with Crippen molar-refractivity contribution in [1.29, 1.82) is 0 Å². The molecule has 0 saturated heterocycles. The molecular formula is C11H19N3OS. The molecule has 0 atom stereocenters. The zero-order valence-electron chi connectivity index (χ0n) is 9.74. The molecule has 1 fully saturated rings. The fourth-order valence-corrected chi connectivity index (χ4v) is 2.64. The summed E-state index contributed by atoms with van der Waals surface area (Å²) < 4.78 is 5.83. The Morgan fingerprint density at radius 1 is 1.31 bits per heavy atom. The first-order valence-corrected chi connectivity index (χ1v) is 6.90. The molecule has 0 aliphatic heterocycles. The maximum absolute atomic E-state index is 5.83. The van der Waals surface area contributed by atoms with Crippen LogP contribution < -0.4 is 10.1 Å². The van der Waals surface area contributed by atoms with Crippen LogP contribution in [0.3, 0.4) is 0 Å². The van der Waals surface area contributed by atoms with E-state index < -0.39 is 0 Å². The molecule has 1 aliphatic carbocycles. The van der Waals surface area contributed by atoms with Crippen LogP contribution in [0, 0.1) is 0 Å². The van der Waals surface area contributed by atoms with Gasteiger partial charge in [-0.2, -0.15) is 0 Å². The molecule has 0 aromatic carbocycles. The van der Waals surface area contributed by atoms with E-state index in [-0.39, 0.29) is 0 Å². The predicted octanol–water partition coefficient (Wildman–Crippen LogP) is 2.36. The second-order valence-electron chi connectivity index (χ2n) is 4.12. The Bertz CT molecular complexity index is 310. The van der Waals surface area contributed by atoms with Crippen LogP contribution in [0.2, 0.25) is 0 Å². The van der Waals surface area contributed by atoms with E-state index in [1.165, 1.54) is 32.1 Å². The molecule has 1 aliphatic rings. The Labute approximate surface area is 100 Å². The quantitative estimate of drug-likeness (QED) is 0.859. The largest absolute Gasteiger partial charge is 0.466 e. The first-order valence-electron chi connectivity index (χ1n) is 6.08. The molecule has 0 spiro atoms. The normalized spacial score (nSPS) is 17.6. The number of nitrogens with zero attached hydrogens (tertiary/aromatic N) is 2. The fourth-order valence-electron chi connectivity index (χ4n) is 1.91. The molecular weight excluding hydrogens is 222 g/mol. The van der Waals surface area contributed by atoms with Crippen LogP contribution in [-0.2, 0) is 6.54 Å². The smallest absolute Gasteiger partial charge is 0.294 e. The number of hydrogen-bond acceptors (Lipinski definition) is 5. The molecule has 0 bridgehead atoms. The van der Waals surface area contributed by atoms with Crippen molar-refractivity contribution in [1.82, 2.24) is 15.5 Å². The SMILES string of the molecule is CCNCc1nnc(OC2CCCCC2)s1. The highest BCUT2D eigenvalue weighted by molar-refractivity contribution is 7.13. The summed E-state index contributed by atoms with van der Waals surface area (Å²) in [5.74, 6) is 0. The molecule has 0 radical (unpaired) electrons. The highest BCUT2D eigenvalue weighted by Crippen LogP contribution is 2.25. The highest BCUT2D eigenvalue weighted by Gasteiger charge is 2.16.